The van der Waals surface area contributed by atoms with Crippen LogP contribution in [0.15, 0.2) is 107 Å². The summed E-state index contributed by atoms with van der Waals surface area (Å²) in [5, 5.41) is 3.43. The van der Waals surface area contributed by atoms with Crippen molar-refractivity contribution in [1.82, 2.24) is 5.32 Å². The highest BCUT2D eigenvalue weighted by Crippen LogP contribution is 2.46. The van der Waals surface area contributed by atoms with E-state index in [0.717, 1.165) is 38.1 Å². The maximum atomic E-state index is 13.7. The first-order valence-corrected chi connectivity index (χ1v) is 12.8. The molecule has 0 saturated heterocycles. The molecule has 2 atom stereocenters. The second kappa shape index (κ2) is 10.2. The second-order valence-corrected chi connectivity index (χ2v) is 10.2. The van der Waals surface area contributed by atoms with Gasteiger partial charge in [0.2, 0.25) is 0 Å². The van der Waals surface area contributed by atoms with Gasteiger partial charge in [0, 0.05) is 32.9 Å². The normalized spacial score (nSPS) is 19.8. The third kappa shape index (κ3) is 4.82. The lowest BCUT2D eigenvalue weighted by Crippen LogP contribution is -2.36. The second-order valence-electron chi connectivity index (χ2n) is 9.01. The molecule has 0 spiro atoms. The monoisotopic (exact) mass is 575 g/mol. The van der Waals surface area contributed by atoms with Gasteiger partial charge in [0.1, 0.15) is 6.61 Å². The first-order chi connectivity index (χ1) is 17.0. The van der Waals surface area contributed by atoms with Crippen LogP contribution >= 0.6 is 22.6 Å². The number of esters is 1. The molecule has 0 saturated carbocycles. The van der Waals surface area contributed by atoms with E-state index in [9.17, 15) is 9.59 Å². The number of benzene rings is 3. The lowest BCUT2D eigenvalue weighted by atomic mass is 9.72. The fourth-order valence-electron chi connectivity index (χ4n) is 5.09. The van der Waals surface area contributed by atoms with Crippen LogP contribution in [-0.2, 0) is 20.9 Å². The van der Waals surface area contributed by atoms with Crippen LogP contribution in [0.4, 0.5) is 0 Å². The van der Waals surface area contributed by atoms with Gasteiger partial charge in [-0.2, -0.15) is 0 Å². The average molecular weight is 575 g/mol. The Morgan fingerprint density at radius 1 is 0.943 bits per heavy atom. The van der Waals surface area contributed by atoms with Crippen molar-refractivity contribution in [3.05, 3.63) is 128 Å². The third-order valence-electron chi connectivity index (χ3n) is 6.75. The Morgan fingerprint density at radius 2 is 1.60 bits per heavy atom. The molecule has 1 N–H and O–H groups in total. The van der Waals surface area contributed by atoms with E-state index in [2.05, 4.69) is 40.0 Å². The van der Waals surface area contributed by atoms with E-state index in [1.165, 1.54) is 0 Å². The predicted octanol–water partition coefficient (Wildman–Crippen LogP) is 6.40. The van der Waals surface area contributed by atoms with Gasteiger partial charge >= 0.3 is 5.97 Å². The maximum absolute atomic E-state index is 13.7. The van der Waals surface area contributed by atoms with Crippen molar-refractivity contribution in [3.63, 3.8) is 0 Å². The Morgan fingerprint density at radius 3 is 2.31 bits per heavy atom. The summed E-state index contributed by atoms with van der Waals surface area (Å²) in [6.07, 6.45) is 1.16. The molecule has 0 aromatic heterocycles. The van der Waals surface area contributed by atoms with E-state index in [0.29, 0.717) is 17.6 Å². The molecule has 5 heteroatoms. The molecule has 0 amide bonds. The van der Waals surface area contributed by atoms with Crippen LogP contribution in [0.3, 0.4) is 0 Å². The van der Waals surface area contributed by atoms with Crippen LogP contribution in [-0.4, -0.2) is 11.8 Å². The first-order valence-electron chi connectivity index (χ1n) is 11.8. The number of ether oxygens (including phenoxy) is 1. The molecule has 1 aliphatic carbocycles. The van der Waals surface area contributed by atoms with Crippen molar-refractivity contribution in [3.8, 4) is 0 Å². The highest BCUT2D eigenvalue weighted by atomic mass is 127. The summed E-state index contributed by atoms with van der Waals surface area (Å²) < 4.78 is 6.78. The van der Waals surface area contributed by atoms with Crippen molar-refractivity contribution in [2.45, 2.75) is 38.2 Å². The quantitative estimate of drug-likeness (QED) is 0.283. The topological polar surface area (TPSA) is 55.4 Å². The number of Topliss-reactive ketones (excluding diaryl/α,β-unsaturated/α-hetero) is 1. The van der Waals surface area contributed by atoms with Gasteiger partial charge in [0.25, 0.3) is 0 Å². The van der Waals surface area contributed by atoms with Crippen LogP contribution in [0, 0.1) is 3.57 Å². The highest BCUT2D eigenvalue weighted by molar-refractivity contribution is 14.1. The molecule has 0 bridgehead atoms. The number of rotatable bonds is 5. The molecule has 1 aliphatic heterocycles. The number of halogens is 1. The minimum atomic E-state index is -0.452. The van der Waals surface area contributed by atoms with Gasteiger partial charge < -0.3 is 10.1 Å². The Bertz CT molecular complexity index is 1330. The molecule has 3 aromatic rings. The molecule has 0 radical (unpaired) electrons. The Balaban J connectivity index is 1.53. The molecule has 2 aliphatic rings. The zero-order chi connectivity index (χ0) is 24.4. The molecular weight excluding hydrogens is 549 g/mol. The number of hydrogen-bond acceptors (Lipinski definition) is 4. The maximum Gasteiger partial charge on any atom is 0.337 e. The first kappa shape index (κ1) is 23.5. The van der Waals surface area contributed by atoms with Crippen molar-refractivity contribution >= 4 is 34.3 Å². The Labute approximate surface area is 219 Å². The van der Waals surface area contributed by atoms with E-state index in [1.54, 1.807) is 0 Å². The van der Waals surface area contributed by atoms with E-state index in [1.807, 2.05) is 79.7 Å². The van der Waals surface area contributed by atoms with Gasteiger partial charge in [-0.25, -0.2) is 4.79 Å². The summed E-state index contributed by atoms with van der Waals surface area (Å²) in [7, 11) is 0. The summed E-state index contributed by atoms with van der Waals surface area (Å²) in [6.45, 7) is 2.09. The molecule has 0 fully saturated rings. The van der Waals surface area contributed by atoms with Crippen LogP contribution in [0.1, 0.15) is 48.3 Å². The molecule has 2 unspecified atom stereocenters. The lowest BCUT2D eigenvalue weighted by molar-refractivity contribution is -0.140. The van der Waals surface area contributed by atoms with Crippen molar-refractivity contribution in [2.75, 3.05) is 0 Å². The van der Waals surface area contributed by atoms with Gasteiger partial charge in [-0.3, -0.25) is 4.79 Å². The SMILES string of the molecule is CC1=C(C(=O)OCc2ccccc2)C(c2ccccc2I)C2=C(CC(c3ccccc3)CC2=O)N1. The standard InChI is InChI=1S/C30H26INO3/c1-19-27(30(34)35-18-20-10-4-2-5-11-20)28(23-14-8-9-15-24(23)31)29-25(32-19)16-22(17-26(29)33)21-12-6-3-7-13-21/h2-15,22,28,32H,16-18H2,1H3. The number of carbonyl (C=O) groups excluding carboxylic acids is 2. The van der Waals surface area contributed by atoms with E-state index in [-0.39, 0.29) is 18.3 Å². The zero-order valence-corrected chi connectivity index (χ0v) is 21.6. The van der Waals surface area contributed by atoms with E-state index < -0.39 is 11.9 Å². The number of ketones is 1. The number of nitrogens with one attached hydrogen (secondary N) is 1. The average Bonchev–Trinajstić information content (AvgIpc) is 2.88. The van der Waals surface area contributed by atoms with Crippen molar-refractivity contribution in [2.24, 2.45) is 0 Å². The Hall–Kier alpha value is -3.19. The summed E-state index contributed by atoms with van der Waals surface area (Å²) in [5.74, 6) is -0.650. The van der Waals surface area contributed by atoms with Gasteiger partial charge in [0.05, 0.1) is 5.57 Å². The van der Waals surface area contributed by atoms with Gasteiger partial charge in [-0.15, -0.1) is 0 Å². The largest absolute Gasteiger partial charge is 0.457 e. The van der Waals surface area contributed by atoms with E-state index >= 15 is 0 Å². The molecule has 4 nitrogen and oxygen atoms in total. The van der Waals surface area contributed by atoms with Crippen molar-refractivity contribution in [1.29, 1.82) is 0 Å². The summed E-state index contributed by atoms with van der Waals surface area (Å²) in [5.41, 5.74) is 5.90. The van der Waals surface area contributed by atoms with Crippen LogP contribution in [0.2, 0.25) is 0 Å². The molecule has 3 aromatic carbocycles. The number of dihydropyridines is 1. The third-order valence-corrected chi connectivity index (χ3v) is 7.73. The van der Waals surface area contributed by atoms with Gasteiger partial charge in [-0.1, -0.05) is 78.9 Å². The number of allylic oxidation sites excluding steroid dienone is 3. The highest BCUT2D eigenvalue weighted by Gasteiger charge is 2.42. The minimum Gasteiger partial charge on any atom is -0.457 e. The van der Waals surface area contributed by atoms with Gasteiger partial charge in [-0.05, 0) is 64.6 Å². The summed E-state index contributed by atoms with van der Waals surface area (Å²) >= 11 is 2.29. The Kier molecular flexibility index (Phi) is 6.86. The number of carbonyl (C=O) groups is 2. The fourth-order valence-corrected chi connectivity index (χ4v) is 5.79. The molecule has 176 valence electrons. The molecule has 5 rings (SSSR count). The smallest absolute Gasteiger partial charge is 0.337 e. The minimum absolute atomic E-state index is 0.0816. The number of hydrogen-bond donors (Lipinski definition) is 1. The predicted molar refractivity (Wildman–Crippen MR) is 144 cm³/mol. The van der Waals surface area contributed by atoms with Crippen molar-refractivity contribution < 1.29 is 14.3 Å². The van der Waals surface area contributed by atoms with E-state index in [4.69, 9.17) is 4.74 Å². The summed E-state index contributed by atoms with van der Waals surface area (Å²) in [6, 6.07) is 27.8. The summed E-state index contributed by atoms with van der Waals surface area (Å²) in [4.78, 5) is 27.2. The zero-order valence-electron chi connectivity index (χ0n) is 19.5. The molecule has 35 heavy (non-hydrogen) atoms. The fraction of sp³-hybridized carbons (Fsp3) is 0.200. The van der Waals surface area contributed by atoms with Crippen LogP contribution in [0.5, 0.6) is 0 Å². The van der Waals surface area contributed by atoms with Crippen LogP contribution < -0.4 is 5.32 Å². The lowest BCUT2D eigenvalue weighted by Gasteiger charge is -2.37. The van der Waals surface area contributed by atoms with Crippen LogP contribution in [0.25, 0.3) is 0 Å². The molecular formula is C30H26INO3. The van der Waals surface area contributed by atoms with Gasteiger partial charge in [0.15, 0.2) is 5.78 Å². The molecule has 1 heterocycles.